The number of halogens is 1. The predicted molar refractivity (Wildman–Crippen MR) is 110 cm³/mol. The number of carbonyl (C=O) groups is 1. The Morgan fingerprint density at radius 2 is 2.07 bits per heavy atom. The maximum absolute atomic E-state index is 13.8. The summed E-state index contributed by atoms with van der Waals surface area (Å²) in [6, 6.07) is 6.83. The van der Waals surface area contributed by atoms with E-state index in [1.807, 2.05) is 30.7 Å². The number of nitrogens with zero attached hydrogens (tertiary/aromatic N) is 3. The van der Waals surface area contributed by atoms with E-state index in [0.29, 0.717) is 17.7 Å². The molecule has 0 saturated carbocycles. The number of imidazole rings is 1. The Morgan fingerprint density at radius 1 is 1.30 bits per heavy atom. The summed E-state index contributed by atoms with van der Waals surface area (Å²) < 4.78 is 22.4. The zero-order valence-electron chi connectivity index (χ0n) is 17.6. The second kappa shape index (κ2) is 6.54. The van der Waals surface area contributed by atoms with Crippen molar-refractivity contribution in [2.45, 2.75) is 38.2 Å². The molecule has 156 valence electrons. The number of benzene rings is 2. The summed E-state index contributed by atoms with van der Waals surface area (Å²) in [6.45, 7) is 1.93. The second-order valence-corrected chi connectivity index (χ2v) is 8.20. The molecule has 2 heterocycles. The quantitative estimate of drug-likeness (QED) is 0.604. The Balaban J connectivity index is 1.71. The van der Waals surface area contributed by atoms with Gasteiger partial charge in [-0.25, -0.2) is 14.4 Å². The van der Waals surface area contributed by atoms with Crippen LogP contribution in [0.4, 0.5) is 4.39 Å². The van der Waals surface area contributed by atoms with Gasteiger partial charge in [0.25, 0.3) is 5.91 Å². The normalized spacial score (nSPS) is 19.6. The first kappa shape index (κ1) is 19.1. The van der Waals surface area contributed by atoms with E-state index in [0.717, 1.165) is 52.8 Å². The lowest BCUT2D eigenvalue weighted by Gasteiger charge is -2.37. The van der Waals surface area contributed by atoms with Crippen molar-refractivity contribution in [3.8, 4) is 5.75 Å². The average molecular weight is 409 g/mol. The summed E-state index contributed by atoms with van der Waals surface area (Å²) in [6.07, 6.45) is 2.97. The van der Waals surface area contributed by atoms with E-state index in [9.17, 15) is 9.18 Å². The molecule has 1 atom stereocenters. The van der Waals surface area contributed by atoms with Gasteiger partial charge in [0.1, 0.15) is 22.8 Å². The van der Waals surface area contributed by atoms with Gasteiger partial charge in [-0.1, -0.05) is 6.07 Å². The fraction of sp³-hybridized carbons (Fsp3) is 0.391. The summed E-state index contributed by atoms with van der Waals surface area (Å²) >= 11 is 0. The van der Waals surface area contributed by atoms with E-state index in [4.69, 9.17) is 14.6 Å². The molecule has 2 aliphatic rings. The lowest BCUT2D eigenvalue weighted by Crippen LogP contribution is -2.36. The zero-order chi connectivity index (χ0) is 21.2. The van der Waals surface area contributed by atoms with E-state index >= 15 is 0 Å². The summed E-state index contributed by atoms with van der Waals surface area (Å²) in [4.78, 5) is 22.9. The second-order valence-electron chi connectivity index (χ2n) is 8.20. The number of aryl methyl sites for hydroxylation is 3. The van der Waals surface area contributed by atoms with Gasteiger partial charge in [0, 0.05) is 19.7 Å². The summed E-state index contributed by atoms with van der Waals surface area (Å²) in [7, 11) is 5.00. The third kappa shape index (κ3) is 2.58. The highest BCUT2D eigenvalue weighted by atomic mass is 19.1. The van der Waals surface area contributed by atoms with Crippen molar-refractivity contribution in [1.82, 2.24) is 14.6 Å². The third-order valence-corrected chi connectivity index (χ3v) is 6.68. The predicted octanol–water partition coefficient (Wildman–Crippen LogP) is 3.82. The van der Waals surface area contributed by atoms with E-state index in [2.05, 4.69) is 0 Å². The van der Waals surface area contributed by atoms with Crippen molar-refractivity contribution in [3.05, 3.63) is 58.2 Å². The molecule has 1 aliphatic carbocycles. The van der Waals surface area contributed by atoms with Gasteiger partial charge < -0.3 is 9.30 Å². The van der Waals surface area contributed by atoms with Crippen molar-refractivity contribution < 1.29 is 18.8 Å². The molecule has 1 unspecified atom stereocenters. The van der Waals surface area contributed by atoms with Crippen LogP contribution in [-0.2, 0) is 30.3 Å². The largest absolute Gasteiger partial charge is 0.480 e. The molecular formula is C23H24FN3O3. The first-order chi connectivity index (χ1) is 14.3. The number of fused-ring (bicyclic) bond motifs is 5. The summed E-state index contributed by atoms with van der Waals surface area (Å²) in [5.74, 6) is 1.06. The Labute approximate surface area is 174 Å². The van der Waals surface area contributed by atoms with Crippen LogP contribution in [0, 0.1) is 12.7 Å². The topological polar surface area (TPSA) is 56.6 Å². The maximum Gasteiger partial charge on any atom is 0.277 e. The first-order valence-corrected chi connectivity index (χ1v) is 10.1. The van der Waals surface area contributed by atoms with Gasteiger partial charge in [-0.3, -0.25) is 9.63 Å². The van der Waals surface area contributed by atoms with E-state index < -0.39 is 5.60 Å². The number of amides is 1. The minimum Gasteiger partial charge on any atom is -0.480 e. The maximum atomic E-state index is 13.8. The molecule has 2 aromatic carbocycles. The molecule has 0 saturated heterocycles. The molecule has 0 bridgehead atoms. The minimum atomic E-state index is -0.511. The molecule has 0 radical (unpaired) electrons. The Morgan fingerprint density at radius 3 is 2.83 bits per heavy atom. The smallest absolute Gasteiger partial charge is 0.277 e. The van der Waals surface area contributed by atoms with E-state index in [1.54, 1.807) is 13.1 Å². The lowest BCUT2D eigenvalue weighted by molar-refractivity contribution is -0.0758. The summed E-state index contributed by atoms with van der Waals surface area (Å²) in [5, 5.41) is 1.22. The summed E-state index contributed by atoms with van der Waals surface area (Å²) in [5.41, 5.74) is 4.56. The number of rotatable bonds is 2. The van der Waals surface area contributed by atoms with Crippen LogP contribution in [-0.4, -0.2) is 34.7 Å². The molecule has 30 heavy (non-hydrogen) atoms. The highest BCUT2D eigenvalue weighted by Crippen LogP contribution is 2.50. The molecule has 1 aliphatic heterocycles. The van der Waals surface area contributed by atoms with Crippen molar-refractivity contribution in [3.63, 3.8) is 0 Å². The monoisotopic (exact) mass is 409 g/mol. The van der Waals surface area contributed by atoms with Gasteiger partial charge in [-0.2, -0.15) is 0 Å². The molecule has 1 spiro atoms. The van der Waals surface area contributed by atoms with Gasteiger partial charge in [0.2, 0.25) is 0 Å². The molecule has 5 rings (SSSR count). The molecule has 1 amide bonds. The number of ether oxygens (including phenoxy) is 1. The highest BCUT2D eigenvalue weighted by molar-refractivity contribution is 6.01. The fourth-order valence-electron chi connectivity index (χ4n) is 4.87. The third-order valence-electron chi connectivity index (χ3n) is 6.68. The molecule has 0 fully saturated rings. The molecule has 7 heteroatoms. The van der Waals surface area contributed by atoms with Crippen molar-refractivity contribution in [2.24, 2.45) is 7.05 Å². The first-order valence-electron chi connectivity index (χ1n) is 10.1. The number of aromatic nitrogens is 2. The standard InChI is InChI=1S/C23H24FN3O3/c1-13-25-20-19(26(13)2)12-17(22(28)27(3)29-4)16-8-10-23(30-21(16)20)9-7-14-11-15(24)5-6-18(14)23/h5-6,11-12H,7-10H2,1-4H3. The van der Waals surface area contributed by atoms with Crippen LogP contribution >= 0.6 is 0 Å². The lowest BCUT2D eigenvalue weighted by atomic mass is 9.84. The van der Waals surface area contributed by atoms with E-state index in [1.165, 1.54) is 18.2 Å². The molecule has 3 aromatic rings. The number of hydrogen-bond acceptors (Lipinski definition) is 4. The van der Waals surface area contributed by atoms with Crippen LogP contribution < -0.4 is 4.74 Å². The molecule has 1 aromatic heterocycles. The number of hydroxylamine groups is 2. The Kier molecular flexibility index (Phi) is 4.15. The van der Waals surface area contributed by atoms with Gasteiger partial charge in [-0.15, -0.1) is 0 Å². The van der Waals surface area contributed by atoms with E-state index in [-0.39, 0.29) is 11.7 Å². The van der Waals surface area contributed by atoms with Gasteiger partial charge in [0.15, 0.2) is 5.75 Å². The van der Waals surface area contributed by atoms with Gasteiger partial charge in [-0.05, 0) is 61.9 Å². The Bertz CT molecular complexity index is 1200. The van der Waals surface area contributed by atoms with Crippen LogP contribution in [0.3, 0.4) is 0 Å². The van der Waals surface area contributed by atoms with Crippen molar-refractivity contribution >= 4 is 16.9 Å². The van der Waals surface area contributed by atoms with Crippen molar-refractivity contribution in [2.75, 3.05) is 14.2 Å². The SMILES string of the molecule is CON(C)C(=O)c1cc2c(nc(C)n2C)c2c1CCC1(CCc3cc(F)ccc31)O2. The zero-order valence-corrected chi connectivity index (χ0v) is 17.6. The Hall–Kier alpha value is -2.93. The van der Waals surface area contributed by atoms with Crippen molar-refractivity contribution in [1.29, 1.82) is 0 Å². The van der Waals surface area contributed by atoms with Crippen LogP contribution in [0.15, 0.2) is 24.3 Å². The molecule has 0 N–H and O–H groups in total. The molecular weight excluding hydrogens is 385 g/mol. The molecule has 6 nitrogen and oxygen atoms in total. The van der Waals surface area contributed by atoms with Crippen LogP contribution in [0.1, 0.15) is 45.7 Å². The van der Waals surface area contributed by atoms with Gasteiger partial charge >= 0.3 is 0 Å². The number of carbonyl (C=O) groups excluding carboxylic acids is 1. The van der Waals surface area contributed by atoms with Crippen LogP contribution in [0.2, 0.25) is 0 Å². The number of hydrogen-bond donors (Lipinski definition) is 0. The fourth-order valence-corrected chi connectivity index (χ4v) is 4.87. The van der Waals surface area contributed by atoms with Gasteiger partial charge in [0.05, 0.1) is 18.2 Å². The van der Waals surface area contributed by atoms with Crippen LogP contribution in [0.25, 0.3) is 11.0 Å². The highest BCUT2D eigenvalue weighted by Gasteiger charge is 2.45. The minimum absolute atomic E-state index is 0.219. The van der Waals surface area contributed by atoms with Crippen LogP contribution in [0.5, 0.6) is 5.75 Å². The average Bonchev–Trinajstić information content (AvgIpc) is 3.23.